The summed E-state index contributed by atoms with van der Waals surface area (Å²) in [7, 11) is 0. The van der Waals surface area contributed by atoms with Gasteiger partial charge in [-0.1, -0.05) is 45.4 Å². The largest absolute Gasteiger partial charge is 0.338 e. The number of aromatic nitrogens is 2. The van der Waals surface area contributed by atoms with Gasteiger partial charge < -0.3 is 10.3 Å². The zero-order valence-corrected chi connectivity index (χ0v) is 11.4. The Bertz CT molecular complexity index is 539. The maximum absolute atomic E-state index is 5.87. The molecule has 0 fully saturated rings. The monoisotopic (exact) mass is 307 g/mol. The van der Waals surface area contributed by atoms with Gasteiger partial charge in [-0.2, -0.15) is 4.98 Å². The first-order valence-electron chi connectivity index (χ1n) is 5.63. The average molecular weight is 308 g/mol. The summed E-state index contributed by atoms with van der Waals surface area (Å²) >= 11 is 3.49. The van der Waals surface area contributed by atoms with Crippen molar-refractivity contribution in [2.75, 3.05) is 0 Å². The maximum Gasteiger partial charge on any atom is 0.243 e. The van der Waals surface area contributed by atoms with E-state index in [1.54, 1.807) is 6.08 Å². The lowest BCUT2D eigenvalue weighted by Crippen LogP contribution is -2.09. The summed E-state index contributed by atoms with van der Waals surface area (Å²) in [6.07, 6.45) is 2.98. The van der Waals surface area contributed by atoms with Crippen molar-refractivity contribution < 1.29 is 4.52 Å². The van der Waals surface area contributed by atoms with E-state index in [9.17, 15) is 0 Å². The van der Waals surface area contributed by atoms with Gasteiger partial charge in [0.15, 0.2) is 5.82 Å². The van der Waals surface area contributed by atoms with Gasteiger partial charge >= 0.3 is 0 Å². The number of rotatable bonds is 5. The summed E-state index contributed by atoms with van der Waals surface area (Å²) in [5.41, 5.74) is 6.98. The highest BCUT2D eigenvalue weighted by Crippen LogP contribution is 2.19. The van der Waals surface area contributed by atoms with Crippen LogP contribution in [-0.4, -0.2) is 10.1 Å². The summed E-state index contributed by atoms with van der Waals surface area (Å²) in [4.78, 5) is 4.29. The summed E-state index contributed by atoms with van der Waals surface area (Å²) < 4.78 is 6.18. The first-order valence-corrected chi connectivity index (χ1v) is 6.42. The van der Waals surface area contributed by atoms with Crippen LogP contribution < -0.4 is 5.73 Å². The van der Waals surface area contributed by atoms with E-state index in [2.05, 4.69) is 32.6 Å². The second-order valence-corrected chi connectivity index (χ2v) is 4.80. The van der Waals surface area contributed by atoms with E-state index in [1.165, 1.54) is 0 Å². The van der Waals surface area contributed by atoms with Gasteiger partial charge in [0, 0.05) is 10.9 Å². The zero-order valence-electron chi connectivity index (χ0n) is 9.84. The highest BCUT2D eigenvalue weighted by atomic mass is 79.9. The first kappa shape index (κ1) is 13.0. The van der Waals surface area contributed by atoms with Crippen LogP contribution in [0.4, 0.5) is 0 Å². The van der Waals surface area contributed by atoms with Crippen molar-refractivity contribution in [3.63, 3.8) is 0 Å². The van der Waals surface area contributed by atoms with Crippen molar-refractivity contribution in [2.45, 2.75) is 18.9 Å². The Balaban J connectivity index is 2.11. The topological polar surface area (TPSA) is 64.9 Å². The minimum Gasteiger partial charge on any atom is -0.338 e. The van der Waals surface area contributed by atoms with Gasteiger partial charge in [0.2, 0.25) is 5.89 Å². The van der Waals surface area contributed by atoms with Crippen molar-refractivity contribution in [3.05, 3.63) is 58.7 Å². The third-order valence-corrected chi connectivity index (χ3v) is 3.30. The molecular weight excluding hydrogens is 294 g/mol. The third-order valence-electron chi connectivity index (χ3n) is 2.53. The molecular formula is C13H14BrN3O. The molecule has 94 valence electrons. The first-order chi connectivity index (χ1) is 8.70. The number of hydrogen-bond donors (Lipinski definition) is 1. The Hall–Kier alpha value is -1.46. The molecule has 0 aliphatic carbocycles. The van der Waals surface area contributed by atoms with Crippen LogP contribution in [0.3, 0.4) is 0 Å². The lowest BCUT2D eigenvalue weighted by Gasteiger charge is -2.01. The molecule has 1 aromatic heterocycles. The van der Waals surface area contributed by atoms with Gasteiger partial charge in [-0.25, -0.2) is 0 Å². The van der Waals surface area contributed by atoms with Crippen molar-refractivity contribution in [2.24, 2.45) is 5.73 Å². The van der Waals surface area contributed by atoms with Crippen LogP contribution in [0.1, 0.15) is 29.7 Å². The van der Waals surface area contributed by atoms with Crippen molar-refractivity contribution in [1.82, 2.24) is 10.1 Å². The Morgan fingerprint density at radius 1 is 1.44 bits per heavy atom. The lowest BCUT2D eigenvalue weighted by atomic mass is 10.1. The molecule has 0 saturated carbocycles. The Kier molecular flexibility index (Phi) is 4.28. The fourth-order valence-electron chi connectivity index (χ4n) is 1.58. The Morgan fingerprint density at radius 2 is 2.22 bits per heavy atom. The second kappa shape index (κ2) is 5.93. The molecule has 0 aliphatic rings. The molecule has 18 heavy (non-hydrogen) atoms. The fourth-order valence-corrected chi connectivity index (χ4v) is 2.01. The van der Waals surface area contributed by atoms with E-state index in [4.69, 9.17) is 10.3 Å². The molecule has 0 spiro atoms. The second-order valence-electron chi connectivity index (χ2n) is 3.95. The molecule has 0 bridgehead atoms. The molecule has 2 aromatic rings. The maximum atomic E-state index is 5.87. The number of nitrogens with zero attached hydrogens (tertiary/aromatic N) is 2. The van der Waals surface area contributed by atoms with E-state index in [-0.39, 0.29) is 6.04 Å². The summed E-state index contributed by atoms with van der Waals surface area (Å²) in [6.45, 7) is 3.64. The third kappa shape index (κ3) is 3.05. The number of halogens is 1. The predicted octanol–water partition coefficient (Wildman–Crippen LogP) is 3.00. The van der Waals surface area contributed by atoms with Crippen LogP contribution in [0.25, 0.3) is 0 Å². The molecule has 1 atom stereocenters. The van der Waals surface area contributed by atoms with Gasteiger partial charge in [-0.05, 0) is 18.1 Å². The minimum atomic E-state index is -0.275. The van der Waals surface area contributed by atoms with E-state index in [0.29, 0.717) is 24.6 Å². The SMILES string of the molecule is C=CCC(N)c1nc(Cc2ccccc2Br)no1. The van der Waals surface area contributed by atoms with Crippen LogP contribution in [-0.2, 0) is 6.42 Å². The molecule has 2 N–H and O–H groups in total. The molecule has 1 heterocycles. The molecule has 2 rings (SSSR count). The molecule has 5 heteroatoms. The molecule has 0 radical (unpaired) electrons. The fraction of sp³-hybridized carbons (Fsp3) is 0.231. The summed E-state index contributed by atoms with van der Waals surface area (Å²) in [5, 5.41) is 3.93. The molecule has 1 unspecified atom stereocenters. The normalized spacial score (nSPS) is 12.3. The van der Waals surface area contributed by atoms with Gasteiger partial charge in [-0.3, -0.25) is 0 Å². The van der Waals surface area contributed by atoms with Gasteiger partial charge in [-0.15, -0.1) is 6.58 Å². The Labute approximate surface area is 114 Å². The predicted molar refractivity (Wildman–Crippen MR) is 73.0 cm³/mol. The van der Waals surface area contributed by atoms with E-state index >= 15 is 0 Å². The number of hydrogen-bond acceptors (Lipinski definition) is 4. The van der Waals surface area contributed by atoms with Crippen LogP contribution in [0.2, 0.25) is 0 Å². The highest BCUT2D eigenvalue weighted by molar-refractivity contribution is 9.10. The van der Waals surface area contributed by atoms with E-state index in [1.807, 2.05) is 24.3 Å². The van der Waals surface area contributed by atoms with Crippen LogP contribution in [0, 0.1) is 0 Å². The smallest absolute Gasteiger partial charge is 0.243 e. The van der Waals surface area contributed by atoms with E-state index < -0.39 is 0 Å². The standard InChI is InChI=1S/C13H14BrN3O/c1-2-5-11(15)13-16-12(17-18-13)8-9-6-3-4-7-10(9)14/h2-4,6-7,11H,1,5,8,15H2. The summed E-state index contributed by atoms with van der Waals surface area (Å²) in [6, 6.07) is 7.67. The van der Waals surface area contributed by atoms with Crippen molar-refractivity contribution >= 4 is 15.9 Å². The average Bonchev–Trinajstić information content (AvgIpc) is 2.81. The van der Waals surface area contributed by atoms with Gasteiger partial charge in [0.05, 0.1) is 6.04 Å². The van der Waals surface area contributed by atoms with Crippen LogP contribution >= 0.6 is 15.9 Å². The van der Waals surface area contributed by atoms with Gasteiger partial charge in [0.25, 0.3) is 0 Å². The lowest BCUT2D eigenvalue weighted by molar-refractivity contribution is 0.352. The molecule has 0 saturated heterocycles. The Morgan fingerprint density at radius 3 is 2.94 bits per heavy atom. The molecule has 0 amide bonds. The van der Waals surface area contributed by atoms with Crippen molar-refractivity contribution in [1.29, 1.82) is 0 Å². The van der Waals surface area contributed by atoms with Crippen molar-refractivity contribution in [3.8, 4) is 0 Å². The molecule has 1 aromatic carbocycles. The van der Waals surface area contributed by atoms with Crippen LogP contribution in [0.5, 0.6) is 0 Å². The number of benzene rings is 1. The van der Waals surface area contributed by atoms with Crippen LogP contribution in [0.15, 0.2) is 45.9 Å². The highest BCUT2D eigenvalue weighted by Gasteiger charge is 2.14. The van der Waals surface area contributed by atoms with E-state index in [0.717, 1.165) is 10.0 Å². The number of nitrogens with two attached hydrogens (primary N) is 1. The van der Waals surface area contributed by atoms with Gasteiger partial charge in [0.1, 0.15) is 0 Å². The molecule has 0 aliphatic heterocycles. The zero-order chi connectivity index (χ0) is 13.0. The molecule has 4 nitrogen and oxygen atoms in total. The summed E-state index contributed by atoms with van der Waals surface area (Å²) in [5.74, 6) is 1.09. The minimum absolute atomic E-state index is 0.275. The quantitative estimate of drug-likeness (QED) is 0.862.